The number of ether oxygens (including phenoxy) is 1. The van der Waals surface area contributed by atoms with Gasteiger partial charge < -0.3 is 10.5 Å². The van der Waals surface area contributed by atoms with Crippen LogP contribution in [0.4, 0.5) is 0 Å². The summed E-state index contributed by atoms with van der Waals surface area (Å²) in [5.41, 5.74) is 7.41. The zero-order valence-electron chi connectivity index (χ0n) is 8.97. The topological polar surface area (TPSA) is 53.1 Å². The molecule has 2 saturated heterocycles. The van der Waals surface area contributed by atoms with E-state index in [1.807, 2.05) is 24.0 Å². The molecule has 4 heteroatoms. The number of fused-ring (bicyclic) bond motifs is 2. The Bertz CT molecular complexity index is 362. The first-order valence-corrected chi connectivity index (χ1v) is 5.64. The SMILES string of the molecule is Cn1nccc1C(N)C1CC2CCC1O2. The Kier molecular flexibility index (Phi) is 2.07. The zero-order valence-corrected chi connectivity index (χ0v) is 8.97. The van der Waals surface area contributed by atoms with Crippen molar-refractivity contribution in [2.24, 2.45) is 18.7 Å². The summed E-state index contributed by atoms with van der Waals surface area (Å²) in [5.74, 6) is 0.485. The molecule has 1 aromatic heterocycles. The van der Waals surface area contributed by atoms with Crippen LogP contribution < -0.4 is 5.73 Å². The average Bonchev–Trinajstić information content (AvgIpc) is 2.91. The van der Waals surface area contributed by atoms with Crippen molar-refractivity contribution < 1.29 is 4.74 Å². The molecule has 0 spiro atoms. The molecule has 0 aliphatic carbocycles. The summed E-state index contributed by atoms with van der Waals surface area (Å²) in [6, 6.07) is 2.09. The third kappa shape index (κ3) is 1.40. The molecule has 82 valence electrons. The molecule has 4 atom stereocenters. The smallest absolute Gasteiger partial charge is 0.0627 e. The number of hydrogen-bond acceptors (Lipinski definition) is 3. The van der Waals surface area contributed by atoms with Gasteiger partial charge in [0, 0.05) is 19.2 Å². The van der Waals surface area contributed by atoms with E-state index in [1.165, 1.54) is 12.8 Å². The first kappa shape index (κ1) is 9.36. The van der Waals surface area contributed by atoms with E-state index < -0.39 is 0 Å². The summed E-state index contributed by atoms with van der Waals surface area (Å²) in [6.45, 7) is 0. The van der Waals surface area contributed by atoms with Gasteiger partial charge in [-0.2, -0.15) is 5.10 Å². The number of hydrogen-bond donors (Lipinski definition) is 1. The van der Waals surface area contributed by atoms with Crippen LogP contribution in [0.15, 0.2) is 12.3 Å². The second-order valence-electron chi connectivity index (χ2n) is 4.68. The predicted octanol–water partition coefficient (Wildman–Crippen LogP) is 0.987. The van der Waals surface area contributed by atoms with Gasteiger partial charge in [-0.05, 0) is 25.3 Å². The quantitative estimate of drug-likeness (QED) is 0.786. The fourth-order valence-corrected chi connectivity index (χ4v) is 2.99. The molecule has 4 nitrogen and oxygen atoms in total. The minimum absolute atomic E-state index is 0.0767. The lowest BCUT2D eigenvalue weighted by molar-refractivity contribution is 0.0880. The van der Waals surface area contributed by atoms with E-state index in [2.05, 4.69) is 5.10 Å². The molecular weight excluding hydrogens is 190 g/mol. The molecule has 0 radical (unpaired) electrons. The van der Waals surface area contributed by atoms with Gasteiger partial charge in [-0.25, -0.2) is 0 Å². The van der Waals surface area contributed by atoms with E-state index in [1.54, 1.807) is 0 Å². The van der Waals surface area contributed by atoms with Gasteiger partial charge >= 0.3 is 0 Å². The van der Waals surface area contributed by atoms with Crippen molar-refractivity contribution in [3.05, 3.63) is 18.0 Å². The van der Waals surface area contributed by atoms with Crippen LogP contribution in [-0.2, 0) is 11.8 Å². The Balaban J connectivity index is 1.81. The number of aryl methyl sites for hydroxylation is 1. The molecule has 2 aliphatic heterocycles. The molecule has 3 rings (SSSR count). The normalized spacial score (nSPS) is 36.0. The predicted molar refractivity (Wildman–Crippen MR) is 56.1 cm³/mol. The second-order valence-corrected chi connectivity index (χ2v) is 4.68. The van der Waals surface area contributed by atoms with Gasteiger partial charge in [0.25, 0.3) is 0 Å². The summed E-state index contributed by atoms with van der Waals surface area (Å²) in [7, 11) is 1.95. The molecule has 2 N–H and O–H groups in total. The molecular formula is C11H17N3O. The van der Waals surface area contributed by atoms with Crippen LogP contribution in [0.2, 0.25) is 0 Å². The molecule has 2 fully saturated rings. The molecule has 0 aromatic carbocycles. The lowest BCUT2D eigenvalue weighted by Crippen LogP contribution is -2.30. The second kappa shape index (κ2) is 3.32. The van der Waals surface area contributed by atoms with E-state index in [9.17, 15) is 0 Å². The lowest BCUT2D eigenvalue weighted by Gasteiger charge is -2.25. The molecule has 2 aliphatic rings. The molecule has 2 bridgehead atoms. The molecule has 3 heterocycles. The Hall–Kier alpha value is -0.870. The summed E-state index contributed by atoms with van der Waals surface area (Å²) in [6.07, 6.45) is 6.19. The minimum Gasteiger partial charge on any atom is -0.375 e. The van der Waals surface area contributed by atoms with Gasteiger partial charge in [0.2, 0.25) is 0 Å². The van der Waals surface area contributed by atoms with Crippen LogP contribution in [0.5, 0.6) is 0 Å². The van der Waals surface area contributed by atoms with Crippen molar-refractivity contribution in [2.75, 3.05) is 0 Å². The van der Waals surface area contributed by atoms with Crippen LogP contribution in [0.25, 0.3) is 0 Å². The Morgan fingerprint density at radius 3 is 3.00 bits per heavy atom. The first-order valence-electron chi connectivity index (χ1n) is 5.64. The summed E-state index contributed by atoms with van der Waals surface area (Å²) >= 11 is 0. The van der Waals surface area contributed by atoms with E-state index in [-0.39, 0.29) is 6.04 Å². The maximum Gasteiger partial charge on any atom is 0.0627 e. The molecule has 4 unspecified atom stereocenters. The Morgan fingerprint density at radius 1 is 1.60 bits per heavy atom. The maximum atomic E-state index is 6.29. The van der Waals surface area contributed by atoms with Crippen LogP contribution >= 0.6 is 0 Å². The third-order valence-corrected chi connectivity index (χ3v) is 3.81. The molecule has 0 amide bonds. The molecule has 15 heavy (non-hydrogen) atoms. The van der Waals surface area contributed by atoms with Crippen molar-refractivity contribution in [2.45, 2.75) is 37.5 Å². The molecule has 1 aromatic rings. The van der Waals surface area contributed by atoms with Crippen molar-refractivity contribution >= 4 is 0 Å². The van der Waals surface area contributed by atoms with Gasteiger partial charge in [0.15, 0.2) is 0 Å². The third-order valence-electron chi connectivity index (χ3n) is 3.81. The van der Waals surface area contributed by atoms with Gasteiger partial charge in [-0.3, -0.25) is 4.68 Å². The van der Waals surface area contributed by atoms with Crippen LogP contribution in [0.1, 0.15) is 31.0 Å². The largest absolute Gasteiger partial charge is 0.375 e. The monoisotopic (exact) mass is 207 g/mol. The number of nitrogens with zero attached hydrogens (tertiary/aromatic N) is 2. The van der Waals surface area contributed by atoms with Gasteiger partial charge in [0.1, 0.15) is 0 Å². The first-order chi connectivity index (χ1) is 7.25. The highest BCUT2D eigenvalue weighted by atomic mass is 16.5. The van der Waals surface area contributed by atoms with E-state index >= 15 is 0 Å². The summed E-state index contributed by atoms with van der Waals surface area (Å²) < 4.78 is 7.71. The zero-order chi connectivity index (χ0) is 10.4. The van der Waals surface area contributed by atoms with Crippen LogP contribution in [0.3, 0.4) is 0 Å². The number of nitrogens with two attached hydrogens (primary N) is 1. The standard InChI is InChI=1S/C11H17N3O/c1-14-9(4-5-13-14)11(12)8-6-7-2-3-10(8)15-7/h4-5,7-8,10-11H,2-3,6,12H2,1H3. The fourth-order valence-electron chi connectivity index (χ4n) is 2.99. The average molecular weight is 207 g/mol. The fraction of sp³-hybridized carbons (Fsp3) is 0.727. The van der Waals surface area contributed by atoms with Gasteiger partial charge in [-0.1, -0.05) is 0 Å². The molecule has 0 saturated carbocycles. The van der Waals surface area contributed by atoms with Crippen molar-refractivity contribution in [1.29, 1.82) is 0 Å². The van der Waals surface area contributed by atoms with Crippen LogP contribution in [-0.4, -0.2) is 22.0 Å². The van der Waals surface area contributed by atoms with Gasteiger partial charge in [0.05, 0.1) is 23.9 Å². The Morgan fingerprint density at radius 2 is 2.47 bits per heavy atom. The number of rotatable bonds is 2. The van der Waals surface area contributed by atoms with E-state index in [4.69, 9.17) is 10.5 Å². The van der Waals surface area contributed by atoms with Gasteiger partial charge in [-0.15, -0.1) is 0 Å². The van der Waals surface area contributed by atoms with E-state index in [0.717, 1.165) is 12.1 Å². The summed E-state index contributed by atoms with van der Waals surface area (Å²) in [4.78, 5) is 0. The van der Waals surface area contributed by atoms with Crippen molar-refractivity contribution in [1.82, 2.24) is 9.78 Å². The highest BCUT2D eigenvalue weighted by Crippen LogP contribution is 2.43. The van der Waals surface area contributed by atoms with Crippen molar-refractivity contribution in [3.63, 3.8) is 0 Å². The van der Waals surface area contributed by atoms with E-state index in [0.29, 0.717) is 18.1 Å². The highest BCUT2D eigenvalue weighted by molar-refractivity contribution is 5.10. The highest BCUT2D eigenvalue weighted by Gasteiger charge is 2.44. The minimum atomic E-state index is 0.0767. The Labute approximate surface area is 89.4 Å². The maximum absolute atomic E-state index is 6.29. The van der Waals surface area contributed by atoms with Crippen LogP contribution in [0, 0.1) is 5.92 Å². The van der Waals surface area contributed by atoms with Crippen molar-refractivity contribution in [3.8, 4) is 0 Å². The lowest BCUT2D eigenvalue weighted by atomic mass is 9.83. The number of aromatic nitrogens is 2. The summed E-state index contributed by atoms with van der Waals surface area (Å²) in [5, 5.41) is 4.17.